The number of hydrogen-bond donors (Lipinski definition) is 4. The molecule has 0 saturated carbocycles. The molecule has 5 N–H and O–H groups in total. The minimum absolute atomic E-state index is 0.0722. The van der Waals surface area contributed by atoms with Gasteiger partial charge < -0.3 is 21.7 Å². The van der Waals surface area contributed by atoms with Crippen LogP contribution in [0.2, 0.25) is 0 Å². The van der Waals surface area contributed by atoms with Gasteiger partial charge in [-0.2, -0.15) is 0 Å². The highest BCUT2D eigenvalue weighted by Gasteiger charge is 2.31. The highest BCUT2D eigenvalue weighted by Crippen LogP contribution is 2.11. The molecule has 0 bridgehead atoms. The number of nitrogens with two attached hydrogens (primary N) is 1. The van der Waals surface area contributed by atoms with Crippen LogP contribution in [0.3, 0.4) is 0 Å². The normalized spacial score (nSPS) is 14.5. The van der Waals surface area contributed by atoms with Crippen molar-refractivity contribution in [2.45, 2.75) is 65.2 Å². The number of nitrogens with one attached hydrogen (secondary N) is 3. The molecule has 2 aromatic rings. The molecule has 0 spiro atoms. The van der Waals surface area contributed by atoms with Gasteiger partial charge in [-0.1, -0.05) is 94.8 Å². The van der Waals surface area contributed by atoms with E-state index in [1.54, 1.807) is 0 Å². The van der Waals surface area contributed by atoms with Crippen molar-refractivity contribution in [2.24, 2.45) is 17.6 Å². The van der Waals surface area contributed by atoms with Crippen LogP contribution in [-0.4, -0.2) is 35.8 Å². The van der Waals surface area contributed by atoms with Crippen LogP contribution >= 0.6 is 0 Å². The third kappa shape index (κ3) is 8.30. The summed E-state index contributed by atoms with van der Waals surface area (Å²) in [6, 6.07) is 16.7. The van der Waals surface area contributed by atoms with Gasteiger partial charge in [0.2, 0.25) is 17.7 Å². The predicted molar refractivity (Wildman–Crippen MR) is 135 cm³/mol. The van der Waals surface area contributed by atoms with E-state index in [0.717, 1.165) is 11.1 Å². The van der Waals surface area contributed by atoms with Gasteiger partial charge in [-0.15, -0.1) is 0 Å². The quantitative estimate of drug-likeness (QED) is 0.385. The second-order valence-corrected chi connectivity index (χ2v) is 9.10. The van der Waals surface area contributed by atoms with Gasteiger partial charge in [-0.05, 0) is 23.0 Å². The first kappa shape index (κ1) is 27.1. The minimum atomic E-state index is -0.854. The Hall–Kier alpha value is -3.19. The van der Waals surface area contributed by atoms with Gasteiger partial charge in [-0.3, -0.25) is 14.4 Å². The summed E-state index contributed by atoms with van der Waals surface area (Å²) in [5.41, 5.74) is 7.88. The van der Waals surface area contributed by atoms with Crippen LogP contribution in [0.5, 0.6) is 0 Å². The van der Waals surface area contributed by atoms with Crippen LogP contribution in [0.25, 0.3) is 0 Å². The number of carbonyl (C=O) groups excluding carboxylic acids is 3. The van der Waals surface area contributed by atoms with Crippen LogP contribution in [0.1, 0.15) is 45.2 Å². The van der Waals surface area contributed by atoms with E-state index in [-0.39, 0.29) is 23.7 Å². The zero-order valence-electron chi connectivity index (χ0n) is 20.6. The Morgan fingerprint density at radius 3 is 1.88 bits per heavy atom. The zero-order valence-corrected chi connectivity index (χ0v) is 20.6. The standard InChI is InChI=1S/C27H38N4O3/c1-5-19(4)24(27(34)29-17-21-14-10-7-11-15-21)31-25(32)22(16-20-12-8-6-9-13-20)30-26(33)23(28)18(2)3/h6-15,18-19,22-24H,5,16-17,28H2,1-4H3,(H,29,34)(H,30,33)(H,31,32)/t19-,22-,23-,24-/m0/s1. The fourth-order valence-corrected chi connectivity index (χ4v) is 3.48. The number of rotatable bonds is 12. The molecule has 0 aliphatic rings. The Labute approximate surface area is 202 Å². The van der Waals surface area contributed by atoms with Crippen molar-refractivity contribution in [3.63, 3.8) is 0 Å². The monoisotopic (exact) mass is 466 g/mol. The van der Waals surface area contributed by atoms with Crippen LogP contribution in [-0.2, 0) is 27.3 Å². The summed E-state index contributed by atoms with van der Waals surface area (Å²) >= 11 is 0. The first-order chi connectivity index (χ1) is 16.2. The van der Waals surface area contributed by atoms with E-state index >= 15 is 0 Å². The van der Waals surface area contributed by atoms with Crippen molar-refractivity contribution in [1.29, 1.82) is 0 Å². The van der Waals surface area contributed by atoms with E-state index in [0.29, 0.717) is 19.4 Å². The molecule has 0 aromatic heterocycles. The molecule has 4 atom stereocenters. The molecular weight excluding hydrogens is 428 g/mol. The Morgan fingerprint density at radius 1 is 0.794 bits per heavy atom. The largest absolute Gasteiger partial charge is 0.350 e. The van der Waals surface area contributed by atoms with Crippen LogP contribution in [0.15, 0.2) is 60.7 Å². The van der Waals surface area contributed by atoms with Crippen LogP contribution < -0.4 is 21.7 Å². The highest BCUT2D eigenvalue weighted by molar-refractivity contribution is 5.93. The molecule has 0 unspecified atom stereocenters. The van der Waals surface area contributed by atoms with Crippen molar-refractivity contribution in [1.82, 2.24) is 16.0 Å². The van der Waals surface area contributed by atoms with Crippen molar-refractivity contribution >= 4 is 17.7 Å². The maximum atomic E-state index is 13.3. The lowest BCUT2D eigenvalue weighted by molar-refractivity contribution is -0.133. The van der Waals surface area contributed by atoms with E-state index in [1.165, 1.54) is 0 Å². The van der Waals surface area contributed by atoms with Gasteiger partial charge >= 0.3 is 0 Å². The fourth-order valence-electron chi connectivity index (χ4n) is 3.48. The Morgan fingerprint density at radius 2 is 1.35 bits per heavy atom. The average Bonchev–Trinajstić information content (AvgIpc) is 2.85. The first-order valence-electron chi connectivity index (χ1n) is 11.9. The number of carbonyl (C=O) groups is 3. The van der Waals surface area contributed by atoms with Gasteiger partial charge in [-0.25, -0.2) is 0 Å². The lowest BCUT2D eigenvalue weighted by atomic mass is 9.96. The predicted octanol–water partition coefficient (Wildman–Crippen LogP) is 2.54. The summed E-state index contributed by atoms with van der Waals surface area (Å²) in [5.74, 6) is -1.22. The molecule has 34 heavy (non-hydrogen) atoms. The average molecular weight is 467 g/mol. The molecule has 0 aliphatic carbocycles. The summed E-state index contributed by atoms with van der Waals surface area (Å²) in [5, 5.41) is 8.61. The van der Waals surface area contributed by atoms with Gasteiger partial charge in [0.1, 0.15) is 12.1 Å². The molecule has 2 rings (SSSR count). The molecule has 184 valence electrons. The van der Waals surface area contributed by atoms with Gasteiger partial charge in [0, 0.05) is 13.0 Å². The molecule has 0 aliphatic heterocycles. The molecule has 0 saturated heterocycles. The molecule has 7 nitrogen and oxygen atoms in total. The van der Waals surface area contributed by atoms with Gasteiger partial charge in [0.05, 0.1) is 6.04 Å². The van der Waals surface area contributed by atoms with Gasteiger partial charge in [0.25, 0.3) is 0 Å². The van der Waals surface area contributed by atoms with Crippen molar-refractivity contribution in [3.05, 3.63) is 71.8 Å². The molecule has 7 heteroatoms. The molecule has 2 aromatic carbocycles. The second-order valence-electron chi connectivity index (χ2n) is 9.10. The first-order valence-corrected chi connectivity index (χ1v) is 11.9. The third-order valence-corrected chi connectivity index (χ3v) is 6.04. The zero-order chi connectivity index (χ0) is 25.1. The molecule has 0 fully saturated rings. The summed E-state index contributed by atoms with van der Waals surface area (Å²) in [6.07, 6.45) is 1.000. The summed E-state index contributed by atoms with van der Waals surface area (Å²) in [4.78, 5) is 39.0. The van der Waals surface area contributed by atoms with Gasteiger partial charge in [0.15, 0.2) is 0 Å². The Balaban J connectivity index is 2.16. The van der Waals surface area contributed by atoms with E-state index in [9.17, 15) is 14.4 Å². The van der Waals surface area contributed by atoms with Crippen molar-refractivity contribution in [3.8, 4) is 0 Å². The van der Waals surface area contributed by atoms with Crippen molar-refractivity contribution in [2.75, 3.05) is 0 Å². The third-order valence-electron chi connectivity index (χ3n) is 6.04. The second kappa shape index (κ2) is 13.5. The van der Waals surface area contributed by atoms with E-state index in [2.05, 4.69) is 16.0 Å². The smallest absolute Gasteiger partial charge is 0.243 e. The molecule has 0 radical (unpaired) electrons. The SMILES string of the molecule is CC[C@H](C)[C@H](NC(=O)[C@H](Cc1ccccc1)NC(=O)[C@@H](N)C(C)C)C(=O)NCc1ccccc1. The highest BCUT2D eigenvalue weighted by atomic mass is 16.2. The summed E-state index contributed by atoms with van der Waals surface area (Å²) < 4.78 is 0. The molecular formula is C27H38N4O3. The maximum absolute atomic E-state index is 13.3. The minimum Gasteiger partial charge on any atom is -0.350 e. The summed E-state index contributed by atoms with van der Waals surface area (Å²) in [6.45, 7) is 7.97. The molecule has 3 amide bonds. The number of amides is 3. The fraction of sp³-hybridized carbons (Fsp3) is 0.444. The van der Waals surface area contributed by atoms with E-state index in [1.807, 2.05) is 88.4 Å². The summed E-state index contributed by atoms with van der Waals surface area (Å²) in [7, 11) is 0. The van der Waals surface area contributed by atoms with E-state index in [4.69, 9.17) is 5.73 Å². The lowest BCUT2D eigenvalue weighted by Gasteiger charge is -2.27. The Bertz CT molecular complexity index is 918. The topological polar surface area (TPSA) is 113 Å². The van der Waals surface area contributed by atoms with E-state index < -0.39 is 24.0 Å². The number of benzene rings is 2. The number of hydrogen-bond acceptors (Lipinski definition) is 4. The Kier molecular flexibility index (Phi) is 10.7. The van der Waals surface area contributed by atoms with Crippen LogP contribution in [0, 0.1) is 11.8 Å². The van der Waals surface area contributed by atoms with Crippen molar-refractivity contribution < 1.29 is 14.4 Å². The maximum Gasteiger partial charge on any atom is 0.243 e. The molecule has 0 heterocycles. The van der Waals surface area contributed by atoms with Crippen LogP contribution in [0.4, 0.5) is 0 Å². The lowest BCUT2D eigenvalue weighted by Crippen LogP contribution is -2.58.